The van der Waals surface area contributed by atoms with Crippen molar-refractivity contribution < 1.29 is 14.3 Å². The van der Waals surface area contributed by atoms with Gasteiger partial charge in [-0.15, -0.1) is 6.42 Å². The second-order valence-corrected chi connectivity index (χ2v) is 8.34. The third-order valence-electron chi connectivity index (χ3n) is 3.56. The highest BCUT2D eigenvalue weighted by atomic mass is 79.9. The number of terminal acetylenes is 1. The van der Waals surface area contributed by atoms with Crippen molar-refractivity contribution in [3.63, 3.8) is 0 Å². The van der Waals surface area contributed by atoms with Gasteiger partial charge in [-0.05, 0) is 54.2 Å². The Kier molecular flexibility index (Phi) is 6.83. The van der Waals surface area contributed by atoms with Gasteiger partial charge >= 0.3 is 0 Å². The lowest BCUT2D eigenvalue weighted by Gasteiger charge is -2.12. The van der Waals surface area contributed by atoms with E-state index in [9.17, 15) is 4.79 Å². The zero-order chi connectivity index (χ0) is 20.1. The van der Waals surface area contributed by atoms with E-state index in [1.54, 1.807) is 19.3 Å². The number of benzene rings is 2. The summed E-state index contributed by atoms with van der Waals surface area (Å²) in [4.78, 5) is 17.3. The van der Waals surface area contributed by atoms with Crippen molar-refractivity contribution in [1.82, 2.24) is 5.32 Å². The first-order chi connectivity index (χ1) is 13.5. The third kappa shape index (κ3) is 4.98. The first-order valence-electron chi connectivity index (χ1n) is 7.99. The molecule has 28 heavy (non-hydrogen) atoms. The number of rotatable bonds is 5. The predicted molar refractivity (Wildman–Crippen MR) is 120 cm³/mol. The molecule has 0 unspecified atom stereocenters. The molecule has 0 aliphatic carbocycles. The topological polar surface area (TPSA) is 59.9 Å². The van der Waals surface area contributed by atoms with E-state index in [4.69, 9.17) is 15.9 Å². The molecule has 1 aliphatic rings. The van der Waals surface area contributed by atoms with Crippen LogP contribution in [-0.2, 0) is 4.79 Å². The van der Waals surface area contributed by atoms with Crippen LogP contribution in [0.3, 0.4) is 0 Å². The molecular weight excluding hydrogens is 508 g/mol. The summed E-state index contributed by atoms with van der Waals surface area (Å²) >= 11 is 8.08. The summed E-state index contributed by atoms with van der Waals surface area (Å²) in [6.45, 7) is 0.0871. The molecule has 0 atom stereocenters. The Morgan fingerprint density at radius 1 is 1.25 bits per heavy atom. The minimum absolute atomic E-state index is 0.0871. The molecule has 1 fully saturated rings. The molecule has 1 saturated heterocycles. The highest BCUT2D eigenvalue weighted by Crippen LogP contribution is 2.38. The van der Waals surface area contributed by atoms with Crippen LogP contribution in [0.25, 0.3) is 6.08 Å². The number of amides is 1. The van der Waals surface area contributed by atoms with Gasteiger partial charge in [0, 0.05) is 14.5 Å². The van der Waals surface area contributed by atoms with E-state index in [0.29, 0.717) is 27.1 Å². The largest absolute Gasteiger partial charge is 0.493 e. The van der Waals surface area contributed by atoms with Gasteiger partial charge in [0.25, 0.3) is 5.91 Å². The van der Waals surface area contributed by atoms with Crippen LogP contribution in [0.15, 0.2) is 55.2 Å². The number of carbonyl (C=O) groups excluding carboxylic acids is 1. The van der Waals surface area contributed by atoms with Crippen molar-refractivity contribution in [2.24, 2.45) is 4.99 Å². The zero-order valence-electron chi connectivity index (χ0n) is 14.7. The number of aliphatic imine (C=N–C) groups is 1. The molecule has 0 saturated carbocycles. The van der Waals surface area contributed by atoms with Crippen LogP contribution >= 0.6 is 43.6 Å². The molecule has 0 bridgehead atoms. The fraction of sp³-hybridized carbons (Fsp3) is 0.100. The lowest BCUT2D eigenvalue weighted by molar-refractivity contribution is -0.115. The van der Waals surface area contributed by atoms with E-state index in [2.05, 4.69) is 48.1 Å². The van der Waals surface area contributed by atoms with Crippen molar-refractivity contribution in [2.75, 3.05) is 13.7 Å². The van der Waals surface area contributed by atoms with E-state index < -0.39 is 0 Å². The van der Waals surface area contributed by atoms with Gasteiger partial charge in [0.1, 0.15) is 6.61 Å². The highest BCUT2D eigenvalue weighted by molar-refractivity contribution is 9.10. The Balaban J connectivity index is 1.93. The number of ether oxygens (including phenoxy) is 2. The van der Waals surface area contributed by atoms with Crippen LogP contribution in [0.4, 0.5) is 5.69 Å². The Morgan fingerprint density at radius 3 is 2.68 bits per heavy atom. The molecule has 8 heteroatoms. The average Bonchev–Trinajstić information content (AvgIpc) is 3.01. The van der Waals surface area contributed by atoms with Crippen LogP contribution < -0.4 is 14.8 Å². The fourth-order valence-electron chi connectivity index (χ4n) is 2.37. The number of nitrogens with one attached hydrogen (secondary N) is 1. The number of methoxy groups -OCH3 is 1. The molecule has 1 heterocycles. The molecular formula is C20H14Br2N2O3S. The molecule has 1 aliphatic heterocycles. The first kappa shape index (κ1) is 20.5. The highest BCUT2D eigenvalue weighted by Gasteiger charge is 2.25. The van der Waals surface area contributed by atoms with Crippen LogP contribution in [0.5, 0.6) is 11.5 Å². The van der Waals surface area contributed by atoms with Crippen molar-refractivity contribution in [3.8, 4) is 23.8 Å². The number of hydrogen-bond acceptors (Lipinski definition) is 5. The maximum atomic E-state index is 12.4. The Hall–Kier alpha value is -2.21. The van der Waals surface area contributed by atoms with Crippen molar-refractivity contribution in [2.45, 2.75) is 0 Å². The van der Waals surface area contributed by atoms with Gasteiger partial charge in [0.05, 0.1) is 17.7 Å². The number of halogens is 2. The molecule has 2 aromatic carbocycles. The molecule has 1 amide bonds. The first-order valence-corrected chi connectivity index (χ1v) is 10.4. The van der Waals surface area contributed by atoms with Gasteiger partial charge in [-0.2, -0.15) is 0 Å². The summed E-state index contributed by atoms with van der Waals surface area (Å²) in [6.07, 6.45) is 7.03. The summed E-state index contributed by atoms with van der Waals surface area (Å²) in [5, 5.41) is 3.28. The van der Waals surface area contributed by atoms with E-state index in [0.717, 1.165) is 14.6 Å². The smallest absolute Gasteiger partial charge is 0.264 e. The summed E-state index contributed by atoms with van der Waals surface area (Å²) in [5.74, 6) is 3.19. The van der Waals surface area contributed by atoms with Gasteiger partial charge in [0.2, 0.25) is 0 Å². The third-order valence-corrected chi connectivity index (χ3v) is 5.46. The number of hydrogen-bond donors (Lipinski definition) is 1. The Morgan fingerprint density at radius 2 is 2.00 bits per heavy atom. The van der Waals surface area contributed by atoms with Gasteiger partial charge in [-0.3, -0.25) is 4.79 Å². The van der Waals surface area contributed by atoms with Crippen LogP contribution in [-0.4, -0.2) is 24.8 Å². The summed E-state index contributed by atoms with van der Waals surface area (Å²) in [6, 6.07) is 11.1. The van der Waals surface area contributed by atoms with Gasteiger partial charge in [-0.1, -0.05) is 37.8 Å². The molecule has 142 valence electrons. The second kappa shape index (κ2) is 9.32. The number of thioether (sulfide) groups is 1. The fourth-order valence-corrected chi connectivity index (χ4v) is 3.92. The van der Waals surface area contributed by atoms with Crippen LogP contribution in [0.2, 0.25) is 0 Å². The molecule has 0 aromatic heterocycles. The quantitative estimate of drug-likeness (QED) is 0.438. The summed E-state index contributed by atoms with van der Waals surface area (Å²) in [5.41, 5.74) is 1.42. The van der Waals surface area contributed by atoms with Crippen molar-refractivity contribution >= 4 is 66.5 Å². The minimum atomic E-state index is -0.234. The molecule has 3 rings (SSSR count). The number of amidine groups is 1. The standard InChI is InChI=1S/C20H14Br2N2O3S/c1-3-8-27-18-12(9-14(22)11-16(18)26-2)10-17-19(25)24-20(28-17)23-15-6-4-13(21)5-7-15/h1,4-7,9-11H,8H2,2H3,(H,23,24,25)/b17-10-. The molecule has 2 aromatic rings. The van der Waals surface area contributed by atoms with Gasteiger partial charge in [-0.25, -0.2) is 4.99 Å². The molecule has 0 spiro atoms. The summed E-state index contributed by atoms with van der Waals surface area (Å²) < 4.78 is 12.8. The number of nitrogens with zero attached hydrogens (tertiary/aromatic N) is 1. The molecule has 5 nitrogen and oxygen atoms in total. The predicted octanol–water partition coefficient (Wildman–Crippen LogP) is 5.12. The summed E-state index contributed by atoms with van der Waals surface area (Å²) in [7, 11) is 1.54. The van der Waals surface area contributed by atoms with E-state index >= 15 is 0 Å². The van der Waals surface area contributed by atoms with E-state index in [-0.39, 0.29) is 12.5 Å². The van der Waals surface area contributed by atoms with Crippen molar-refractivity contribution in [3.05, 3.63) is 55.8 Å². The normalized spacial score (nSPS) is 16.1. The maximum Gasteiger partial charge on any atom is 0.264 e. The SMILES string of the molecule is C#CCOc1c(/C=C2\SC(=Nc3ccc(Br)cc3)NC2=O)cc(Br)cc1OC. The van der Waals surface area contributed by atoms with E-state index in [1.165, 1.54) is 11.8 Å². The van der Waals surface area contributed by atoms with Crippen LogP contribution in [0, 0.1) is 12.3 Å². The van der Waals surface area contributed by atoms with Crippen LogP contribution in [0.1, 0.15) is 5.56 Å². The monoisotopic (exact) mass is 520 g/mol. The zero-order valence-corrected chi connectivity index (χ0v) is 18.7. The lowest BCUT2D eigenvalue weighted by atomic mass is 10.1. The second-order valence-electron chi connectivity index (χ2n) is 5.48. The molecule has 1 N–H and O–H groups in total. The Bertz CT molecular complexity index is 1010. The van der Waals surface area contributed by atoms with Gasteiger partial charge in [0.15, 0.2) is 16.7 Å². The lowest BCUT2D eigenvalue weighted by Crippen LogP contribution is -2.19. The van der Waals surface area contributed by atoms with Crippen molar-refractivity contribution in [1.29, 1.82) is 0 Å². The van der Waals surface area contributed by atoms with E-state index in [1.807, 2.05) is 30.3 Å². The molecule has 0 radical (unpaired) electrons. The maximum absolute atomic E-state index is 12.4. The Labute approximate surface area is 183 Å². The van der Waals surface area contributed by atoms with Gasteiger partial charge < -0.3 is 14.8 Å². The minimum Gasteiger partial charge on any atom is -0.493 e. The average molecular weight is 522 g/mol. The number of carbonyl (C=O) groups is 1.